The van der Waals surface area contributed by atoms with Gasteiger partial charge in [0.2, 0.25) is 0 Å². The van der Waals surface area contributed by atoms with Crippen LogP contribution in [-0.2, 0) is 4.52 Å². The minimum absolute atomic E-state index is 0.0395. The quantitative estimate of drug-likeness (QED) is 0.476. The second-order valence-electron chi connectivity index (χ2n) is 3.26. The van der Waals surface area contributed by atoms with Crippen molar-refractivity contribution in [2.24, 2.45) is 0 Å². The van der Waals surface area contributed by atoms with Gasteiger partial charge in [-0.1, -0.05) is 39.5 Å². The van der Waals surface area contributed by atoms with Crippen LogP contribution in [0.2, 0.25) is 0 Å². The Morgan fingerprint density at radius 3 is 2.23 bits per heavy atom. The molecule has 0 aromatic carbocycles. The summed E-state index contributed by atoms with van der Waals surface area (Å²) in [5.41, 5.74) is 0. The second-order valence-corrected chi connectivity index (χ2v) is 3.98. The van der Waals surface area contributed by atoms with Crippen molar-refractivity contribution in [2.45, 2.75) is 58.5 Å². The van der Waals surface area contributed by atoms with Crippen LogP contribution >= 0.6 is 8.60 Å². The third-order valence-corrected chi connectivity index (χ3v) is 2.47. The molecule has 13 heavy (non-hydrogen) atoms. The molecule has 80 valence electrons. The van der Waals surface area contributed by atoms with Gasteiger partial charge in [-0.3, -0.25) is 0 Å². The van der Waals surface area contributed by atoms with E-state index in [0.717, 1.165) is 25.7 Å². The summed E-state index contributed by atoms with van der Waals surface area (Å²) >= 11 is 0. The maximum absolute atomic E-state index is 8.70. The molecule has 0 bridgehead atoms. The Morgan fingerprint density at radius 2 is 1.77 bits per heavy atom. The van der Waals surface area contributed by atoms with Crippen LogP contribution in [0.25, 0.3) is 0 Å². The largest absolute Gasteiger partial charge is 0.328 e. The zero-order valence-corrected chi connectivity index (χ0v) is 9.46. The lowest BCUT2D eigenvalue weighted by Gasteiger charge is -2.16. The minimum Gasteiger partial charge on any atom is -0.328 e. The molecule has 0 heterocycles. The Balaban J connectivity index is 3.53. The lowest BCUT2D eigenvalue weighted by molar-refractivity contribution is 0.150. The number of unbranched alkanes of at least 4 members (excludes halogenated alkanes) is 2. The van der Waals surface area contributed by atoms with E-state index in [0.29, 0.717) is 0 Å². The average molecular weight is 208 g/mol. The van der Waals surface area contributed by atoms with Crippen molar-refractivity contribution < 1.29 is 14.3 Å². The van der Waals surface area contributed by atoms with Gasteiger partial charge < -0.3 is 14.3 Å². The van der Waals surface area contributed by atoms with E-state index in [2.05, 4.69) is 13.8 Å². The summed E-state index contributed by atoms with van der Waals surface area (Å²) in [4.78, 5) is 17.4. The topological polar surface area (TPSA) is 49.7 Å². The smallest absolute Gasteiger partial charge is 0.327 e. The number of hydrogen-bond donors (Lipinski definition) is 2. The first-order valence-electron chi connectivity index (χ1n) is 5.05. The van der Waals surface area contributed by atoms with Crippen LogP contribution in [0.1, 0.15) is 52.4 Å². The van der Waals surface area contributed by atoms with Gasteiger partial charge in [-0.25, -0.2) is 0 Å². The fraction of sp³-hybridized carbons (Fsp3) is 1.00. The molecule has 0 radical (unpaired) electrons. The monoisotopic (exact) mass is 208 g/mol. The molecule has 0 aliphatic rings. The van der Waals surface area contributed by atoms with E-state index in [1.54, 1.807) is 0 Å². The Kier molecular flexibility index (Phi) is 9.10. The molecule has 3 nitrogen and oxygen atoms in total. The van der Waals surface area contributed by atoms with Crippen LogP contribution in [0.15, 0.2) is 0 Å². The SMILES string of the molecule is CCCCCC(CCC)OP(O)O. The van der Waals surface area contributed by atoms with Crippen LogP contribution < -0.4 is 0 Å². The summed E-state index contributed by atoms with van der Waals surface area (Å²) in [5.74, 6) is 0. The molecule has 1 atom stereocenters. The number of rotatable bonds is 8. The van der Waals surface area contributed by atoms with E-state index < -0.39 is 8.60 Å². The van der Waals surface area contributed by atoms with E-state index in [4.69, 9.17) is 14.3 Å². The summed E-state index contributed by atoms with van der Waals surface area (Å²) in [5, 5.41) is 0. The van der Waals surface area contributed by atoms with Gasteiger partial charge in [-0.2, -0.15) is 0 Å². The van der Waals surface area contributed by atoms with E-state index in [9.17, 15) is 0 Å². The summed E-state index contributed by atoms with van der Waals surface area (Å²) in [6.07, 6.45) is 6.43. The molecule has 0 amide bonds. The van der Waals surface area contributed by atoms with Crippen molar-refractivity contribution in [3.8, 4) is 0 Å². The fourth-order valence-electron chi connectivity index (χ4n) is 1.33. The van der Waals surface area contributed by atoms with Gasteiger partial charge in [0.05, 0.1) is 6.10 Å². The normalized spacial score (nSPS) is 13.6. The molecule has 0 aromatic heterocycles. The Labute approximate surface area is 82.1 Å². The van der Waals surface area contributed by atoms with Gasteiger partial charge in [0, 0.05) is 0 Å². The first kappa shape index (κ1) is 13.3. The van der Waals surface area contributed by atoms with Crippen LogP contribution in [-0.4, -0.2) is 15.9 Å². The molecule has 0 saturated carbocycles. The molecule has 1 unspecified atom stereocenters. The molecule has 0 aliphatic carbocycles. The Bertz CT molecular complexity index is 109. The Hall–Kier alpha value is 0.310. The zero-order valence-electron chi connectivity index (χ0n) is 8.57. The standard InChI is InChI=1S/C9H21O3P/c1-3-5-6-8-9(7-4-2)12-13(10)11/h9-11H,3-8H2,1-2H3. The fourth-order valence-corrected chi connectivity index (χ4v) is 1.80. The predicted molar refractivity (Wildman–Crippen MR) is 55.3 cm³/mol. The van der Waals surface area contributed by atoms with Crippen molar-refractivity contribution in [1.82, 2.24) is 0 Å². The van der Waals surface area contributed by atoms with Crippen molar-refractivity contribution >= 4 is 8.60 Å². The Morgan fingerprint density at radius 1 is 1.08 bits per heavy atom. The van der Waals surface area contributed by atoms with Crippen molar-refractivity contribution in [3.63, 3.8) is 0 Å². The molecular formula is C9H21O3P. The van der Waals surface area contributed by atoms with Crippen molar-refractivity contribution in [3.05, 3.63) is 0 Å². The van der Waals surface area contributed by atoms with E-state index in [1.165, 1.54) is 12.8 Å². The van der Waals surface area contributed by atoms with Gasteiger partial charge in [0.15, 0.2) is 0 Å². The molecule has 0 aliphatic heterocycles. The highest BCUT2D eigenvalue weighted by atomic mass is 31.2. The zero-order chi connectivity index (χ0) is 10.1. The maximum Gasteiger partial charge on any atom is 0.327 e. The molecule has 0 aromatic rings. The molecule has 0 fully saturated rings. The van der Waals surface area contributed by atoms with Gasteiger partial charge in [-0.05, 0) is 12.8 Å². The van der Waals surface area contributed by atoms with Crippen molar-refractivity contribution in [2.75, 3.05) is 0 Å². The lowest BCUT2D eigenvalue weighted by atomic mass is 10.1. The molecular weight excluding hydrogens is 187 g/mol. The summed E-state index contributed by atoms with van der Waals surface area (Å²) < 4.78 is 5.01. The summed E-state index contributed by atoms with van der Waals surface area (Å²) in [6, 6.07) is 0. The van der Waals surface area contributed by atoms with Crippen LogP contribution in [0.4, 0.5) is 0 Å². The van der Waals surface area contributed by atoms with Crippen LogP contribution in [0.5, 0.6) is 0 Å². The summed E-state index contributed by atoms with van der Waals surface area (Å²) in [6.45, 7) is 4.23. The first-order chi connectivity index (χ1) is 6.20. The highest BCUT2D eigenvalue weighted by Gasteiger charge is 2.12. The van der Waals surface area contributed by atoms with Crippen LogP contribution in [0, 0.1) is 0 Å². The minimum atomic E-state index is -2.17. The van der Waals surface area contributed by atoms with Crippen molar-refractivity contribution in [1.29, 1.82) is 0 Å². The van der Waals surface area contributed by atoms with E-state index in [1.807, 2.05) is 0 Å². The summed E-state index contributed by atoms with van der Waals surface area (Å²) in [7, 11) is -2.17. The highest BCUT2D eigenvalue weighted by Crippen LogP contribution is 2.30. The van der Waals surface area contributed by atoms with Gasteiger partial charge in [0.25, 0.3) is 0 Å². The molecule has 0 saturated heterocycles. The third-order valence-electron chi connectivity index (χ3n) is 1.98. The highest BCUT2D eigenvalue weighted by molar-refractivity contribution is 7.39. The van der Waals surface area contributed by atoms with Gasteiger partial charge in [0.1, 0.15) is 0 Å². The van der Waals surface area contributed by atoms with Gasteiger partial charge in [-0.15, -0.1) is 0 Å². The average Bonchev–Trinajstić information content (AvgIpc) is 2.04. The maximum atomic E-state index is 8.70. The predicted octanol–water partition coefficient (Wildman–Crippen LogP) is 2.96. The third kappa shape index (κ3) is 8.63. The van der Waals surface area contributed by atoms with E-state index >= 15 is 0 Å². The molecule has 2 N–H and O–H groups in total. The van der Waals surface area contributed by atoms with E-state index in [-0.39, 0.29) is 6.10 Å². The first-order valence-corrected chi connectivity index (χ1v) is 6.21. The number of hydrogen-bond acceptors (Lipinski definition) is 3. The molecule has 0 spiro atoms. The molecule has 0 rings (SSSR count). The van der Waals surface area contributed by atoms with Gasteiger partial charge >= 0.3 is 8.60 Å². The van der Waals surface area contributed by atoms with Crippen LogP contribution in [0.3, 0.4) is 0 Å². The lowest BCUT2D eigenvalue weighted by Crippen LogP contribution is -2.09. The molecule has 4 heteroatoms. The second kappa shape index (κ2) is 8.89.